The SMILES string of the molecule is COC(=O)[C@@H]1[C@H]2CC[C@@]34C(=O)C=CN3[C@@H]1C=C[C@@H]24. The molecule has 1 saturated heterocycles. The van der Waals surface area contributed by atoms with Crippen LogP contribution in [0.2, 0.25) is 0 Å². The van der Waals surface area contributed by atoms with Gasteiger partial charge in [-0.05, 0) is 24.8 Å². The molecule has 94 valence electrons. The summed E-state index contributed by atoms with van der Waals surface area (Å²) >= 11 is 0. The molecule has 1 saturated carbocycles. The third kappa shape index (κ3) is 0.877. The molecular formula is C14H15NO3. The first-order chi connectivity index (χ1) is 8.70. The molecule has 0 N–H and O–H groups in total. The average molecular weight is 245 g/mol. The number of piperidine rings is 1. The Kier molecular flexibility index (Phi) is 1.75. The fraction of sp³-hybridized carbons (Fsp3) is 0.571. The Balaban J connectivity index is 1.86. The van der Waals surface area contributed by atoms with E-state index in [0.29, 0.717) is 0 Å². The molecule has 5 rings (SSSR count). The molecule has 3 aliphatic heterocycles. The molecule has 18 heavy (non-hydrogen) atoms. The highest BCUT2D eigenvalue weighted by Gasteiger charge is 2.67. The van der Waals surface area contributed by atoms with Crippen molar-refractivity contribution < 1.29 is 14.3 Å². The summed E-state index contributed by atoms with van der Waals surface area (Å²) in [6.45, 7) is 0. The lowest BCUT2D eigenvalue weighted by molar-refractivity contribution is -0.156. The summed E-state index contributed by atoms with van der Waals surface area (Å²) < 4.78 is 4.96. The molecule has 4 heteroatoms. The number of hydrogen-bond donors (Lipinski definition) is 0. The molecule has 4 bridgehead atoms. The van der Waals surface area contributed by atoms with Crippen LogP contribution in [0.4, 0.5) is 0 Å². The normalized spacial score (nSPS) is 46.7. The fourth-order valence-corrected chi connectivity index (χ4v) is 4.62. The van der Waals surface area contributed by atoms with Gasteiger partial charge in [-0.25, -0.2) is 0 Å². The Morgan fingerprint density at radius 1 is 1.50 bits per heavy atom. The Labute approximate surface area is 105 Å². The first-order valence-electron chi connectivity index (χ1n) is 6.47. The average Bonchev–Trinajstić information content (AvgIpc) is 2.92. The molecule has 0 amide bonds. The molecule has 5 atom stereocenters. The van der Waals surface area contributed by atoms with Crippen LogP contribution in [0.25, 0.3) is 0 Å². The highest BCUT2D eigenvalue weighted by atomic mass is 16.5. The third-order valence-electron chi connectivity index (χ3n) is 5.28. The first-order valence-corrected chi connectivity index (χ1v) is 6.47. The van der Waals surface area contributed by atoms with Crippen LogP contribution in [0.5, 0.6) is 0 Å². The Hall–Kier alpha value is -1.58. The van der Waals surface area contributed by atoms with Crippen LogP contribution >= 0.6 is 0 Å². The van der Waals surface area contributed by atoms with Gasteiger partial charge in [0, 0.05) is 12.1 Å². The van der Waals surface area contributed by atoms with Crippen LogP contribution in [-0.2, 0) is 14.3 Å². The maximum absolute atomic E-state index is 12.2. The third-order valence-corrected chi connectivity index (χ3v) is 5.28. The Morgan fingerprint density at radius 3 is 3.11 bits per heavy atom. The lowest BCUT2D eigenvalue weighted by Crippen LogP contribution is -2.64. The lowest BCUT2D eigenvalue weighted by Gasteiger charge is -2.54. The highest BCUT2D eigenvalue weighted by molar-refractivity contribution is 6.02. The molecule has 2 aliphatic carbocycles. The summed E-state index contributed by atoms with van der Waals surface area (Å²) in [5.41, 5.74) is -0.366. The van der Waals surface area contributed by atoms with E-state index >= 15 is 0 Å². The minimum Gasteiger partial charge on any atom is -0.469 e. The van der Waals surface area contributed by atoms with Gasteiger partial charge in [0.25, 0.3) is 0 Å². The molecule has 0 aromatic heterocycles. The maximum atomic E-state index is 12.2. The monoisotopic (exact) mass is 245 g/mol. The predicted octanol–water partition coefficient (Wildman–Crippen LogP) is 0.891. The van der Waals surface area contributed by atoms with Crippen molar-refractivity contribution in [2.45, 2.75) is 24.4 Å². The number of esters is 1. The fourth-order valence-electron chi connectivity index (χ4n) is 4.62. The molecule has 2 fully saturated rings. The maximum Gasteiger partial charge on any atom is 0.311 e. The summed E-state index contributed by atoms with van der Waals surface area (Å²) in [4.78, 5) is 26.4. The van der Waals surface area contributed by atoms with Crippen molar-refractivity contribution in [1.29, 1.82) is 0 Å². The summed E-state index contributed by atoms with van der Waals surface area (Å²) in [5, 5.41) is 0. The van der Waals surface area contributed by atoms with E-state index < -0.39 is 0 Å². The van der Waals surface area contributed by atoms with Crippen LogP contribution < -0.4 is 0 Å². The van der Waals surface area contributed by atoms with Crippen molar-refractivity contribution in [3.05, 3.63) is 24.4 Å². The topological polar surface area (TPSA) is 46.6 Å². The van der Waals surface area contributed by atoms with Crippen molar-refractivity contribution >= 4 is 11.8 Å². The van der Waals surface area contributed by atoms with E-state index in [4.69, 9.17) is 4.74 Å². The largest absolute Gasteiger partial charge is 0.469 e. The number of nitrogens with zero attached hydrogens (tertiary/aromatic N) is 1. The molecule has 0 aromatic rings. The summed E-state index contributed by atoms with van der Waals surface area (Å²) in [6, 6.07) is -0.00218. The number of ketones is 1. The van der Waals surface area contributed by atoms with Crippen molar-refractivity contribution in [2.75, 3.05) is 7.11 Å². The zero-order chi connectivity index (χ0) is 12.5. The van der Waals surface area contributed by atoms with Crippen LogP contribution in [0.1, 0.15) is 12.8 Å². The van der Waals surface area contributed by atoms with Crippen LogP contribution in [0, 0.1) is 17.8 Å². The van der Waals surface area contributed by atoms with Crippen LogP contribution in [0.15, 0.2) is 24.4 Å². The molecule has 0 aromatic carbocycles. The van der Waals surface area contributed by atoms with Crippen molar-refractivity contribution in [3.63, 3.8) is 0 Å². The van der Waals surface area contributed by atoms with E-state index in [9.17, 15) is 9.59 Å². The molecule has 5 aliphatic rings. The zero-order valence-electron chi connectivity index (χ0n) is 10.2. The first kappa shape index (κ1) is 10.4. The van der Waals surface area contributed by atoms with Gasteiger partial charge in [0.05, 0.1) is 19.1 Å². The van der Waals surface area contributed by atoms with Gasteiger partial charge < -0.3 is 9.64 Å². The van der Waals surface area contributed by atoms with E-state index in [1.807, 2.05) is 6.20 Å². The minimum absolute atomic E-state index is 0.00218. The summed E-state index contributed by atoms with van der Waals surface area (Å²) in [5.74, 6) is 0.410. The summed E-state index contributed by atoms with van der Waals surface area (Å²) in [7, 11) is 1.45. The van der Waals surface area contributed by atoms with E-state index in [1.54, 1.807) is 6.08 Å². The van der Waals surface area contributed by atoms with Crippen molar-refractivity contribution in [2.24, 2.45) is 17.8 Å². The molecular weight excluding hydrogens is 230 g/mol. The Bertz CT molecular complexity index is 505. The second-order valence-electron chi connectivity index (χ2n) is 5.66. The van der Waals surface area contributed by atoms with Crippen LogP contribution in [-0.4, -0.2) is 35.3 Å². The van der Waals surface area contributed by atoms with Gasteiger partial charge in [0.2, 0.25) is 0 Å². The molecule has 0 radical (unpaired) electrons. The minimum atomic E-state index is -0.366. The standard InChI is InChI=1S/C14H15NO3/c1-18-13(17)12-8-4-6-14-9(8)2-3-10(12)15(14)7-5-11(14)16/h2-3,5,7-10,12H,4,6H2,1H3/t8-,9-,10+,12+,14+/m0/s1. The lowest BCUT2D eigenvalue weighted by atomic mass is 9.64. The predicted molar refractivity (Wildman–Crippen MR) is 63.4 cm³/mol. The van der Waals surface area contributed by atoms with Gasteiger partial charge in [-0.1, -0.05) is 12.2 Å². The second kappa shape index (κ2) is 3.05. The number of rotatable bonds is 1. The van der Waals surface area contributed by atoms with Gasteiger partial charge in [-0.2, -0.15) is 0 Å². The van der Waals surface area contributed by atoms with Gasteiger partial charge in [-0.15, -0.1) is 0 Å². The number of methoxy groups -OCH3 is 1. The van der Waals surface area contributed by atoms with Gasteiger partial charge in [-0.3, -0.25) is 9.59 Å². The summed E-state index contributed by atoms with van der Waals surface area (Å²) in [6.07, 6.45) is 9.59. The van der Waals surface area contributed by atoms with Gasteiger partial charge in [0.15, 0.2) is 5.78 Å². The van der Waals surface area contributed by atoms with E-state index in [0.717, 1.165) is 12.8 Å². The number of carbonyl (C=O) groups excluding carboxylic acids is 2. The number of ether oxygens (including phenoxy) is 1. The molecule has 0 unspecified atom stereocenters. The molecule has 4 nitrogen and oxygen atoms in total. The molecule has 3 heterocycles. The van der Waals surface area contributed by atoms with E-state index in [1.165, 1.54) is 7.11 Å². The van der Waals surface area contributed by atoms with Crippen molar-refractivity contribution in [1.82, 2.24) is 4.90 Å². The van der Waals surface area contributed by atoms with Gasteiger partial charge >= 0.3 is 5.97 Å². The molecule has 1 spiro atoms. The highest BCUT2D eigenvalue weighted by Crippen LogP contribution is 2.59. The smallest absolute Gasteiger partial charge is 0.311 e. The number of carbonyl (C=O) groups is 2. The number of hydrogen-bond acceptors (Lipinski definition) is 4. The second-order valence-corrected chi connectivity index (χ2v) is 5.66. The van der Waals surface area contributed by atoms with E-state index in [2.05, 4.69) is 17.1 Å². The zero-order valence-corrected chi connectivity index (χ0v) is 10.2. The van der Waals surface area contributed by atoms with Crippen LogP contribution in [0.3, 0.4) is 0 Å². The Morgan fingerprint density at radius 2 is 2.33 bits per heavy atom. The van der Waals surface area contributed by atoms with Gasteiger partial charge in [0.1, 0.15) is 5.54 Å². The van der Waals surface area contributed by atoms with Crippen molar-refractivity contribution in [3.8, 4) is 0 Å². The quantitative estimate of drug-likeness (QED) is 0.508. The van der Waals surface area contributed by atoms with E-state index in [-0.39, 0.29) is 41.1 Å².